The molecular weight excluding hydrogens is 463 g/mol. The van der Waals surface area contributed by atoms with Crippen molar-refractivity contribution in [2.24, 2.45) is 0 Å². The topological polar surface area (TPSA) is 64.4 Å². The monoisotopic (exact) mass is 486 g/mol. The van der Waals surface area contributed by atoms with Gasteiger partial charge in [-0.2, -0.15) is 0 Å². The second-order valence-electron chi connectivity index (χ2n) is 8.86. The molecule has 1 aliphatic heterocycles. The van der Waals surface area contributed by atoms with Crippen LogP contribution < -0.4 is 4.90 Å². The first-order valence-corrected chi connectivity index (χ1v) is 11.9. The van der Waals surface area contributed by atoms with Gasteiger partial charge in [0.25, 0.3) is 0 Å². The number of aliphatic hydroxyl groups excluding tert-OH is 1. The number of Topliss-reactive ketones (excluding diaryl/α,β-unsaturated/α-hetero) is 1. The molecule has 5 rings (SSSR count). The van der Waals surface area contributed by atoms with Gasteiger partial charge < -0.3 is 5.11 Å². The number of aliphatic hydroxyl groups is 1. The molecule has 0 fully saturated rings. The summed E-state index contributed by atoms with van der Waals surface area (Å²) < 4.78 is 13.8. The molecule has 0 radical (unpaired) electrons. The molecule has 3 aromatic rings. The number of benzene rings is 3. The molecule has 2 N–H and O–H groups in total. The third-order valence-corrected chi connectivity index (χ3v) is 6.94. The van der Waals surface area contributed by atoms with E-state index in [1.54, 1.807) is 41.3 Å². The van der Waals surface area contributed by atoms with E-state index in [0.717, 1.165) is 16.9 Å². The first-order chi connectivity index (χ1) is 16.9. The molecule has 3 aromatic carbocycles. The lowest BCUT2D eigenvalue weighted by molar-refractivity contribution is -0.116. The van der Waals surface area contributed by atoms with Gasteiger partial charge in [0.15, 0.2) is 5.78 Å². The molecule has 6 heteroatoms. The molecule has 2 aliphatic rings. The molecule has 35 heavy (non-hydrogen) atoms. The number of anilines is 1. The van der Waals surface area contributed by atoms with Crippen LogP contribution in [0.2, 0.25) is 5.02 Å². The molecule has 0 aromatic heterocycles. The first kappa shape index (κ1) is 23.1. The maximum atomic E-state index is 13.8. The van der Waals surface area contributed by atoms with Gasteiger partial charge >= 0.3 is 0 Å². The lowest BCUT2D eigenvalue weighted by Gasteiger charge is -2.42. The van der Waals surface area contributed by atoms with Crippen LogP contribution in [0.15, 0.2) is 89.6 Å². The standard InChI is InChI=1S/C29H24ClFN2O2/c1-17-5-2-3-6-22(17)33-23-7-4-8-24(34)26(23)25(18-11-15-21(31)16-12-18)27(29(33)32)28(35)19-9-13-20(30)14-10-19/h2-3,5-6,9-16,25,32,35H,4,7-8H2,1H3/b28-27+,32-29?. The number of ketones is 1. The minimum atomic E-state index is -0.693. The van der Waals surface area contributed by atoms with Crippen molar-refractivity contribution in [2.45, 2.75) is 32.1 Å². The number of carbonyl (C=O) groups excluding carboxylic acids is 1. The number of hydrogen-bond donors (Lipinski definition) is 2. The van der Waals surface area contributed by atoms with Crippen LogP contribution in [-0.2, 0) is 4.79 Å². The quantitative estimate of drug-likeness (QED) is 0.380. The van der Waals surface area contributed by atoms with Gasteiger partial charge in [-0.25, -0.2) is 4.39 Å². The van der Waals surface area contributed by atoms with Gasteiger partial charge in [0.2, 0.25) is 0 Å². The fourth-order valence-electron chi connectivity index (χ4n) is 5.02. The van der Waals surface area contributed by atoms with E-state index in [2.05, 4.69) is 0 Å². The highest BCUT2D eigenvalue weighted by molar-refractivity contribution is 6.30. The Morgan fingerprint density at radius 2 is 1.71 bits per heavy atom. The zero-order chi connectivity index (χ0) is 24.7. The second-order valence-corrected chi connectivity index (χ2v) is 9.30. The number of rotatable bonds is 3. The summed E-state index contributed by atoms with van der Waals surface area (Å²) in [5.74, 6) is -1.12. The number of halogens is 2. The second kappa shape index (κ2) is 9.16. The van der Waals surface area contributed by atoms with E-state index in [0.29, 0.717) is 46.6 Å². The summed E-state index contributed by atoms with van der Waals surface area (Å²) in [5.41, 5.74) is 4.50. The van der Waals surface area contributed by atoms with Crippen LogP contribution in [-0.4, -0.2) is 16.7 Å². The van der Waals surface area contributed by atoms with Crippen molar-refractivity contribution < 1.29 is 14.3 Å². The Kier molecular flexibility index (Phi) is 6.03. The van der Waals surface area contributed by atoms with Gasteiger partial charge in [0.05, 0.1) is 5.69 Å². The molecule has 0 saturated heterocycles. The largest absolute Gasteiger partial charge is 0.507 e. The summed E-state index contributed by atoms with van der Waals surface area (Å²) in [5, 5.41) is 21.4. The lowest BCUT2D eigenvalue weighted by Crippen LogP contribution is -2.42. The molecule has 1 unspecified atom stereocenters. The number of carbonyl (C=O) groups is 1. The lowest BCUT2D eigenvalue weighted by atomic mass is 9.73. The van der Waals surface area contributed by atoms with Crippen LogP contribution in [0, 0.1) is 18.2 Å². The molecular formula is C29H24ClFN2O2. The van der Waals surface area contributed by atoms with Crippen molar-refractivity contribution in [1.29, 1.82) is 5.41 Å². The summed E-state index contributed by atoms with van der Waals surface area (Å²) in [6.07, 6.45) is 1.70. The number of nitrogens with one attached hydrogen (secondary N) is 1. The summed E-state index contributed by atoms with van der Waals surface area (Å²) in [7, 11) is 0. The molecule has 176 valence electrons. The molecule has 0 saturated carbocycles. The fraction of sp³-hybridized carbons (Fsp3) is 0.172. The van der Waals surface area contributed by atoms with E-state index in [1.807, 2.05) is 31.2 Å². The number of nitrogens with zero attached hydrogens (tertiary/aromatic N) is 1. The maximum absolute atomic E-state index is 13.8. The Balaban J connectivity index is 1.84. The van der Waals surface area contributed by atoms with E-state index in [-0.39, 0.29) is 17.4 Å². The molecule has 1 aliphatic carbocycles. The molecule has 0 amide bonds. The number of allylic oxidation sites excluding steroid dienone is 2. The predicted molar refractivity (Wildman–Crippen MR) is 137 cm³/mol. The van der Waals surface area contributed by atoms with Gasteiger partial charge in [-0.15, -0.1) is 0 Å². The van der Waals surface area contributed by atoms with Crippen LogP contribution in [0.3, 0.4) is 0 Å². The van der Waals surface area contributed by atoms with Crippen molar-refractivity contribution in [3.05, 3.63) is 117 Å². The Morgan fingerprint density at radius 3 is 2.40 bits per heavy atom. The molecule has 0 spiro atoms. The number of amidine groups is 1. The number of hydrogen-bond acceptors (Lipinski definition) is 3. The fourth-order valence-corrected chi connectivity index (χ4v) is 5.15. The first-order valence-electron chi connectivity index (χ1n) is 11.5. The molecule has 1 atom stereocenters. The van der Waals surface area contributed by atoms with E-state index >= 15 is 0 Å². The number of para-hydroxylation sites is 1. The highest BCUT2D eigenvalue weighted by Crippen LogP contribution is 2.48. The van der Waals surface area contributed by atoms with Gasteiger partial charge in [-0.05, 0) is 73.4 Å². The highest BCUT2D eigenvalue weighted by atomic mass is 35.5. The SMILES string of the molecule is Cc1ccccc1N1C(=N)/C(=C(/O)c2ccc(Cl)cc2)C(c2ccc(F)cc2)C2=C1CCCC2=O. The van der Waals surface area contributed by atoms with Crippen molar-refractivity contribution in [1.82, 2.24) is 0 Å². The Morgan fingerprint density at radius 1 is 1.03 bits per heavy atom. The van der Waals surface area contributed by atoms with Crippen molar-refractivity contribution in [3.8, 4) is 0 Å². The van der Waals surface area contributed by atoms with Gasteiger partial charge in [-0.3, -0.25) is 15.1 Å². The summed E-state index contributed by atoms with van der Waals surface area (Å²) >= 11 is 6.07. The maximum Gasteiger partial charge on any atom is 0.161 e. The number of aryl methyl sites for hydroxylation is 1. The molecule has 4 nitrogen and oxygen atoms in total. The smallest absolute Gasteiger partial charge is 0.161 e. The molecule has 0 bridgehead atoms. The van der Waals surface area contributed by atoms with Gasteiger partial charge in [-0.1, -0.05) is 41.9 Å². The summed E-state index contributed by atoms with van der Waals surface area (Å²) in [4.78, 5) is 15.2. The van der Waals surface area contributed by atoms with Crippen LogP contribution in [0.25, 0.3) is 5.76 Å². The minimum absolute atomic E-state index is 0.0203. The average Bonchev–Trinajstić information content (AvgIpc) is 2.85. The molecule has 1 heterocycles. The average molecular weight is 487 g/mol. The van der Waals surface area contributed by atoms with E-state index in [9.17, 15) is 19.7 Å². The van der Waals surface area contributed by atoms with E-state index in [4.69, 9.17) is 11.6 Å². The van der Waals surface area contributed by atoms with Gasteiger partial charge in [0, 0.05) is 39.8 Å². The summed E-state index contributed by atoms with van der Waals surface area (Å²) in [6.45, 7) is 1.96. The van der Waals surface area contributed by atoms with Gasteiger partial charge in [0.1, 0.15) is 17.4 Å². The van der Waals surface area contributed by atoms with Crippen LogP contribution >= 0.6 is 11.6 Å². The highest BCUT2D eigenvalue weighted by Gasteiger charge is 2.43. The van der Waals surface area contributed by atoms with Crippen molar-refractivity contribution >= 4 is 34.7 Å². The third-order valence-electron chi connectivity index (χ3n) is 6.69. The zero-order valence-corrected chi connectivity index (χ0v) is 19.9. The van der Waals surface area contributed by atoms with Crippen LogP contribution in [0.1, 0.15) is 41.9 Å². The third kappa shape index (κ3) is 4.06. The Hall–Kier alpha value is -3.70. The van der Waals surface area contributed by atoms with Crippen LogP contribution in [0.5, 0.6) is 0 Å². The summed E-state index contributed by atoms with van der Waals surface area (Å²) in [6, 6.07) is 20.3. The minimum Gasteiger partial charge on any atom is -0.507 e. The Labute approximate surface area is 208 Å². The predicted octanol–water partition coefficient (Wildman–Crippen LogP) is 7.34. The van der Waals surface area contributed by atoms with Crippen molar-refractivity contribution in [3.63, 3.8) is 0 Å². The zero-order valence-electron chi connectivity index (χ0n) is 19.2. The normalized spacial score (nSPS) is 19.6. The van der Waals surface area contributed by atoms with E-state index in [1.165, 1.54) is 12.1 Å². The van der Waals surface area contributed by atoms with Crippen LogP contribution in [0.4, 0.5) is 10.1 Å². The van der Waals surface area contributed by atoms with E-state index < -0.39 is 11.7 Å². The van der Waals surface area contributed by atoms with Crippen molar-refractivity contribution in [2.75, 3.05) is 4.90 Å². The Bertz CT molecular complexity index is 1390.